The number of fused-ring (bicyclic) bond motifs is 1. The summed E-state index contributed by atoms with van der Waals surface area (Å²) in [4.78, 5) is 24.2. The van der Waals surface area contributed by atoms with E-state index in [0.717, 1.165) is 35.3 Å². The number of rotatable bonds is 6. The lowest BCUT2D eigenvalue weighted by Gasteiger charge is -2.06. The maximum Gasteiger partial charge on any atom is 0.286 e. The summed E-state index contributed by atoms with van der Waals surface area (Å²) in [6.45, 7) is 0.884. The number of anilines is 1. The minimum atomic E-state index is -0.306. The molecular formula is C20H18N2O2S2. The number of carbonyl (C=O) groups is 2. The molecule has 1 unspecified atom stereocenters. The summed E-state index contributed by atoms with van der Waals surface area (Å²) in [7, 11) is 0. The van der Waals surface area contributed by atoms with Crippen LogP contribution in [0, 0.1) is 0 Å². The number of hydrogen-bond donors (Lipinski definition) is 2. The van der Waals surface area contributed by atoms with Gasteiger partial charge in [0.2, 0.25) is 5.91 Å². The van der Waals surface area contributed by atoms with Crippen molar-refractivity contribution in [1.29, 1.82) is 0 Å². The fourth-order valence-corrected chi connectivity index (χ4v) is 5.10. The number of nitrogens with one attached hydrogen (secondary N) is 2. The van der Waals surface area contributed by atoms with Gasteiger partial charge in [-0.2, -0.15) is 0 Å². The van der Waals surface area contributed by atoms with Crippen LogP contribution in [0.4, 0.5) is 10.5 Å². The largest absolute Gasteiger partial charge is 0.385 e. The summed E-state index contributed by atoms with van der Waals surface area (Å²) in [5.41, 5.74) is 2.42. The minimum Gasteiger partial charge on any atom is -0.385 e. The second-order valence-electron chi connectivity index (χ2n) is 6.22. The standard InChI is InChI=1S/C20H18N2O2S2/c23-19-18(26-20(24)22-19)12-16-10-14-6-7-15(11-17(14)25-16)21-9-8-13-4-2-1-3-5-13/h1-7,10-11,18,21H,8-9,12H2,(H,22,23,24). The summed E-state index contributed by atoms with van der Waals surface area (Å²) in [5, 5.41) is 6.44. The van der Waals surface area contributed by atoms with Crippen LogP contribution < -0.4 is 10.6 Å². The molecule has 26 heavy (non-hydrogen) atoms. The van der Waals surface area contributed by atoms with Crippen molar-refractivity contribution in [2.75, 3.05) is 11.9 Å². The smallest absolute Gasteiger partial charge is 0.286 e. The van der Waals surface area contributed by atoms with E-state index in [0.29, 0.717) is 6.42 Å². The zero-order valence-electron chi connectivity index (χ0n) is 14.0. The van der Waals surface area contributed by atoms with E-state index in [9.17, 15) is 9.59 Å². The molecule has 1 aromatic heterocycles. The van der Waals surface area contributed by atoms with Crippen molar-refractivity contribution in [3.8, 4) is 0 Å². The second-order valence-corrected chi connectivity index (χ2v) is 8.56. The van der Waals surface area contributed by atoms with Gasteiger partial charge in [0.25, 0.3) is 5.24 Å². The van der Waals surface area contributed by atoms with Crippen molar-refractivity contribution in [3.63, 3.8) is 0 Å². The molecule has 2 heterocycles. The summed E-state index contributed by atoms with van der Waals surface area (Å²) in [6, 6.07) is 18.9. The van der Waals surface area contributed by atoms with Gasteiger partial charge in [-0.05, 0) is 35.6 Å². The number of imide groups is 1. The Morgan fingerprint density at radius 2 is 1.88 bits per heavy atom. The molecule has 1 saturated heterocycles. The molecule has 0 aliphatic carbocycles. The maximum atomic E-state index is 11.7. The third kappa shape index (κ3) is 3.92. The van der Waals surface area contributed by atoms with Gasteiger partial charge in [0.05, 0.1) is 5.25 Å². The van der Waals surface area contributed by atoms with Gasteiger partial charge in [-0.3, -0.25) is 14.9 Å². The molecule has 0 spiro atoms. The van der Waals surface area contributed by atoms with E-state index in [4.69, 9.17) is 0 Å². The highest BCUT2D eigenvalue weighted by Crippen LogP contribution is 2.32. The Labute approximate surface area is 160 Å². The number of thiophene rings is 1. The number of thioether (sulfide) groups is 1. The van der Waals surface area contributed by atoms with Crippen LogP contribution in [-0.4, -0.2) is 22.9 Å². The maximum absolute atomic E-state index is 11.7. The average Bonchev–Trinajstić information content (AvgIpc) is 3.17. The van der Waals surface area contributed by atoms with Crippen LogP contribution in [0.15, 0.2) is 54.6 Å². The van der Waals surface area contributed by atoms with Crippen LogP contribution in [0.5, 0.6) is 0 Å². The van der Waals surface area contributed by atoms with E-state index in [1.165, 1.54) is 15.6 Å². The van der Waals surface area contributed by atoms with Crippen LogP contribution in [-0.2, 0) is 17.6 Å². The van der Waals surface area contributed by atoms with Gasteiger partial charge in [-0.1, -0.05) is 48.2 Å². The molecule has 2 N–H and O–H groups in total. The van der Waals surface area contributed by atoms with Gasteiger partial charge < -0.3 is 5.32 Å². The van der Waals surface area contributed by atoms with Gasteiger partial charge in [-0.15, -0.1) is 11.3 Å². The Balaban J connectivity index is 1.41. The van der Waals surface area contributed by atoms with E-state index in [2.05, 4.69) is 59.2 Å². The molecule has 0 bridgehead atoms. The first-order valence-electron chi connectivity index (χ1n) is 8.49. The first kappa shape index (κ1) is 17.1. The van der Waals surface area contributed by atoms with E-state index in [1.807, 2.05) is 6.07 Å². The molecule has 4 nitrogen and oxygen atoms in total. The van der Waals surface area contributed by atoms with E-state index in [1.54, 1.807) is 11.3 Å². The lowest BCUT2D eigenvalue weighted by Crippen LogP contribution is -2.25. The van der Waals surface area contributed by atoms with Crippen LogP contribution in [0.3, 0.4) is 0 Å². The Hall–Kier alpha value is -2.31. The highest BCUT2D eigenvalue weighted by atomic mass is 32.2. The molecule has 2 amide bonds. The summed E-state index contributed by atoms with van der Waals surface area (Å²) >= 11 is 2.77. The van der Waals surface area contributed by atoms with Gasteiger partial charge in [-0.25, -0.2) is 0 Å². The van der Waals surface area contributed by atoms with E-state index < -0.39 is 0 Å². The summed E-state index contributed by atoms with van der Waals surface area (Å²) in [6.07, 6.45) is 1.58. The summed E-state index contributed by atoms with van der Waals surface area (Å²) < 4.78 is 1.19. The third-order valence-corrected chi connectivity index (χ3v) is 6.41. The van der Waals surface area contributed by atoms with Crippen molar-refractivity contribution in [2.45, 2.75) is 18.1 Å². The number of hydrogen-bond acceptors (Lipinski definition) is 5. The van der Waals surface area contributed by atoms with Gasteiger partial charge >= 0.3 is 0 Å². The molecule has 1 fully saturated rings. The molecule has 0 radical (unpaired) electrons. The molecule has 1 atom stereocenters. The second kappa shape index (κ2) is 7.51. The van der Waals surface area contributed by atoms with Crippen molar-refractivity contribution in [1.82, 2.24) is 5.32 Å². The molecule has 6 heteroatoms. The Morgan fingerprint density at radius 3 is 2.65 bits per heavy atom. The third-order valence-electron chi connectivity index (χ3n) is 4.31. The van der Waals surface area contributed by atoms with Crippen molar-refractivity contribution < 1.29 is 9.59 Å². The Kier molecular flexibility index (Phi) is 4.95. The van der Waals surface area contributed by atoms with Crippen LogP contribution in [0.25, 0.3) is 10.1 Å². The molecule has 0 saturated carbocycles. The highest BCUT2D eigenvalue weighted by molar-refractivity contribution is 8.15. The normalized spacial score (nSPS) is 16.8. The topological polar surface area (TPSA) is 58.2 Å². The SMILES string of the molecule is O=C1NC(=O)C(Cc2cc3ccc(NCCc4ccccc4)cc3s2)S1. The fourth-order valence-electron chi connectivity index (χ4n) is 3.00. The zero-order chi connectivity index (χ0) is 17.9. The van der Waals surface area contributed by atoms with Gasteiger partial charge in [0.1, 0.15) is 0 Å². The van der Waals surface area contributed by atoms with E-state index in [-0.39, 0.29) is 16.4 Å². The minimum absolute atomic E-state index is 0.180. The number of carbonyl (C=O) groups excluding carboxylic acids is 2. The van der Waals surface area contributed by atoms with Gasteiger partial charge in [0, 0.05) is 28.2 Å². The van der Waals surface area contributed by atoms with Crippen LogP contribution in [0.1, 0.15) is 10.4 Å². The lowest BCUT2D eigenvalue weighted by molar-refractivity contribution is -0.118. The average molecular weight is 383 g/mol. The number of amides is 2. The van der Waals surface area contributed by atoms with Crippen LogP contribution in [0.2, 0.25) is 0 Å². The molecule has 1 aliphatic heterocycles. The summed E-state index contributed by atoms with van der Waals surface area (Å²) in [5.74, 6) is -0.180. The van der Waals surface area contributed by atoms with Crippen molar-refractivity contribution in [3.05, 3.63) is 65.0 Å². The van der Waals surface area contributed by atoms with E-state index >= 15 is 0 Å². The van der Waals surface area contributed by atoms with Gasteiger partial charge in [0.15, 0.2) is 0 Å². The lowest BCUT2D eigenvalue weighted by atomic mass is 10.1. The Morgan fingerprint density at radius 1 is 1.04 bits per heavy atom. The molecule has 1 aliphatic rings. The first-order chi connectivity index (χ1) is 12.7. The molecule has 4 rings (SSSR count). The van der Waals surface area contributed by atoms with Crippen molar-refractivity contribution in [2.24, 2.45) is 0 Å². The zero-order valence-corrected chi connectivity index (χ0v) is 15.7. The molecular weight excluding hydrogens is 364 g/mol. The highest BCUT2D eigenvalue weighted by Gasteiger charge is 2.31. The van der Waals surface area contributed by atoms with Crippen LogP contribution >= 0.6 is 23.1 Å². The fraction of sp³-hybridized carbons (Fsp3) is 0.200. The molecule has 3 aromatic rings. The predicted octanol–water partition coefficient (Wildman–Crippen LogP) is 4.45. The first-order valence-corrected chi connectivity index (χ1v) is 10.2. The molecule has 132 valence electrons. The monoisotopic (exact) mass is 382 g/mol. The predicted molar refractivity (Wildman–Crippen MR) is 109 cm³/mol. The Bertz CT molecular complexity index is 953. The number of benzene rings is 2. The van der Waals surface area contributed by atoms with Crippen molar-refractivity contribution >= 4 is 50.0 Å². The quantitative estimate of drug-likeness (QED) is 0.661. The molecule has 2 aromatic carbocycles.